The molecule has 3 rings (SSSR count). The molecule has 0 radical (unpaired) electrons. The molecule has 1 atom stereocenters. The highest BCUT2D eigenvalue weighted by atomic mass is 35.5. The highest BCUT2D eigenvalue weighted by Crippen LogP contribution is 2.29. The minimum atomic E-state index is -0.961. The van der Waals surface area contributed by atoms with Gasteiger partial charge in [-0.15, -0.1) is 12.4 Å². The average Bonchev–Trinajstić information content (AvgIpc) is 2.85. The van der Waals surface area contributed by atoms with Crippen LogP contribution in [0.15, 0.2) is 24.5 Å². The molecular formula is C26H41ClN4O4. The molecule has 35 heavy (non-hydrogen) atoms. The van der Waals surface area contributed by atoms with E-state index in [0.717, 1.165) is 76.6 Å². The maximum Gasteiger partial charge on any atom is 0.326 e. The molecule has 1 aliphatic carbocycles. The number of aliphatic carboxylic acids is 1. The summed E-state index contributed by atoms with van der Waals surface area (Å²) in [7, 11) is 0. The first-order valence-electron chi connectivity index (χ1n) is 12.9. The fourth-order valence-corrected chi connectivity index (χ4v) is 5.17. The van der Waals surface area contributed by atoms with Gasteiger partial charge >= 0.3 is 5.97 Å². The van der Waals surface area contributed by atoms with Crippen molar-refractivity contribution >= 4 is 35.9 Å². The van der Waals surface area contributed by atoms with Crippen LogP contribution >= 0.6 is 12.4 Å². The van der Waals surface area contributed by atoms with E-state index >= 15 is 0 Å². The number of unbranched alkanes of at least 4 members (excludes halogenated alkanes) is 2. The Balaban J connectivity index is 0.00000432. The number of rotatable bonds is 11. The van der Waals surface area contributed by atoms with Gasteiger partial charge in [-0.1, -0.05) is 19.8 Å². The van der Waals surface area contributed by atoms with E-state index in [0.29, 0.717) is 12.8 Å². The normalized spacial score (nSPS) is 21.5. The lowest BCUT2D eigenvalue weighted by molar-refractivity contribution is -0.142. The minimum absolute atomic E-state index is 0. The van der Waals surface area contributed by atoms with Crippen LogP contribution in [0.3, 0.4) is 0 Å². The van der Waals surface area contributed by atoms with Gasteiger partial charge in [0.25, 0.3) is 0 Å². The highest BCUT2D eigenvalue weighted by molar-refractivity contribution is 5.85. The third kappa shape index (κ3) is 9.32. The standard InChI is InChI=1S/C26H40N4O4.ClH/c1-2-3-4-5-24(31)29-23(26(33)34)18-19-6-8-21(9-7-19)28-25(32)20-12-16-30(17-13-20)22-10-14-27-15-11-22;/h10-11,14-15,19-21,23H,2-9,12-13,16-18H2,1H3,(H,28,32)(H,29,31)(H,33,34);1H. The van der Waals surface area contributed by atoms with Gasteiger partial charge < -0.3 is 20.6 Å². The molecule has 2 heterocycles. The van der Waals surface area contributed by atoms with Crippen molar-refractivity contribution in [3.8, 4) is 0 Å². The van der Waals surface area contributed by atoms with Gasteiger partial charge in [0.1, 0.15) is 6.04 Å². The summed E-state index contributed by atoms with van der Waals surface area (Å²) >= 11 is 0. The Morgan fingerprint density at radius 1 is 1.06 bits per heavy atom. The molecule has 196 valence electrons. The Hall–Kier alpha value is -2.35. The second-order valence-corrected chi connectivity index (χ2v) is 9.84. The summed E-state index contributed by atoms with van der Waals surface area (Å²) in [5, 5.41) is 15.5. The zero-order valence-electron chi connectivity index (χ0n) is 20.8. The zero-order chi connectivity index (χ0) is 24.3. The van der Waals surface area contributed by atoms with Gasteiger partial charge in [0, 0.05) is 49.6 Å². The first kappa shape index (κ1) is 28.9. The lowest BCUT2D eigenvalue weighted by Gasteiger charge is -2.35. The Kier molecular flexibility index (Phi) is 12.3. The van der Waals surface area contributed by atoms with Crippen molar-refractivity contribution in [3.63, 3.8) is 0 Å². The molecule has 0 aromatic carbocycles. The molecule has 1 aromatic heterocycles. The van der Waals surface area contributed by atoms with E-state index in [-0.39, 0.29) is 42.1 Å². The van der Waals surface area contributed by atoms with Gasteiger partial charge in [-0.2, -0.15) is 0 Å². The quantitative estimate of drug-likeness (QED) is 0.390. The number of hydrogen-bond donors (Lipinski definition) is 3. The summed E-state index contributed by atoms with van der Waals surface area (Å²) < 4.78 is 0. The average molecular weight is 509 g/mol. The van der Waals surface area contributed by atoms with Crippen molar-refractivity contribution < 1.29 is 19.5 Å². The molecule has 1 aliphatic heterocycles. The number of amides is 2. The molecule has 2 amide bonds. The summed E-state index contributed by atoms with van der Waals surface area (Å²) in [6, 6.07) is 3.35. The number of carboxylic acid groups (broad SMARTS) is 1. The van der Waals surface area contributed by atoms with Crippen molar-refractivity contribution in [2.75, 3.05) is 18.0 Å². The molecule has 1 unspecified atom stereocenters. The van der Waals surface area contributed by atoms with E-state index < -0.39 is 12.0 Å². The molecule has 1 aromatic rings. The summed E-state index contributed by atoms with van der Waals surface area (Å²) in [6.07, 6.45) is 12.4. The van der Waals surface area contributed by atoms with Crippen molar-refractivity contribution in [3.05, 3.63) is 24.5 Å². The number of aromatic nitrogens is 1. The van der Waals surface area contributed by atoms with Crippen LogP contribution in [-0.2, 0) is 14.4 Å². The van der Waals surface area contributed by atoms with Gasteiger partial charge in [-0.05, 0) is 69.4 Å². The number of nitrogens with zero attached hydrogens (tertiary/aromatic N) is 2. The zero-order valence-corrected chi connectivity index (χ0v) is 21.6. The molecule has 0 bridgehead atoms. The fraction of sp³-hybridized carbons (Fsp3) is 0.692. The summed E-state index contributed by atoms with van der Waals surface area (Å²) in [5.74, 6) is -0.668. The number of hydrogen-bond acceptors (Lipinski definition) is 5. The third-order valence-electron chi connectivity index (χ3n) is 7.30. The van der Waals surface area contributed by atoms with Crippen LogP contribution in [0.25, 0.3) is 0 Å². The number of carboxylic acids is 1. The van der Waals surface area contributed by atoms with Gasteiger partial charge in [-0.3, -0.25) is 14.6 Å². The SMILES string of the molecule is CCCCCC(=O)NC(CC1CCC(NC(=O)C2CCN(c3ccncc3)CC2)CC1)C(=O)O.Cl. The highest BCUT2D eigenvalue weighted by Gasteiger charge is 2.31. The second-order valence-electron chi connectivity index (χ2n) is 9.84. The van der Waals surface area contributed by atoms with Gasteiger partial charge in [0.15, 0.2) is 0 Å². The lowest BCUT2D eigenvalue weighted by Crippen LogP contribution is -2.46. The van der Waals surface area contributed by atoms with E-state index in [2.05, 4.69) is 27.4 Å². The van der Waals surface area contributed by atoms with Gasteiger partial charge in [0.05, 0.1) is 0 Å². The summed E-state index contributed by atoms with van der Waals surface area (Å²) in [6.45, 7) is 3.81. The maximum absolute atomic E-state index is 12.8. The predicted molar refractivity (Wildman–Crippen MR) is 139 cm³/mol. The number of piperidine rings is 1. The van der Waals surface area contributed by atoms with Crippen LogP contribution in [0.1, 0.15) is 77.6 Å². The summed E-state index contributed by atoms with van der Waals surface area (Å²) in [5.41, 5.74) is 1.16. The van der Waals surface area contributed by atoms with Crippen molar-refractivity contribution in [2.45, 2.75) is 89.6 Å². The Bertz CT molecular complexity index is 794. The van der Waals surface area contributed by atoms with E-state index in [1.54, 1.807) is 12.4 Å². The van der Waals surface area contributed by atoms with E-state index in [1.165, 1.54) is 0 Å². The molecule has 2 aliphatic rings. The van der Waals surface area contributed by atoms with Crippen LogP contribution in [0.4, 0.5) is 5.69 Å². The van der Waals surface area contributed by atoms with E-state index in [9.17, 15) is 19.5 Å². The fourth-order valence-electron chi connectivity index (χ4n) is 5.17. The van der Waals surface area contributed by atoms with Crippen LogP contribution in [0.5, 0.6) is 0 Å². The van der Waals surface area contributed by atoms with Crippen molar-refractivity contribution in [2.24, 2.45) is 11.8 Å². The number of nitrogens with one attached hydrogen (secondary N) is 2. The maximum atomic E-state index is 12.8. The predicted octanol–water partition coefficient (Wildman–Crippen LogP) is 3.93. The number of anilines is 1. The molecule has 8 nitrogen and oxygen atoms in total. The molecule has 2 fully saturated rings. The topological polar surface area (TPSA) is 112 Å². The largest absolute Gasteiger partial charge is 0.480 e. The third-order valence-corrected chi connectivity index (χ3v) is 7.30. The minimum Gasteiger partial charge on any atom is -0.480 e. The smallest absolute Gasteiger partial charge is 0.326 e. The first-order chi connectivity index (χ1) is 16.5. The van der Waals surface area contributed by atoms with Gasteiger partial charge in [0.2, 0.25) is 11.8 Å². The van der Waals surface area contributed by atoms with Crippen LogP contribution in [0.2, 0.25) is 0 Å². The first-order valence-corrected chi connectivity index (χ1v) is 12.9. The Morgan fingerprint density at radius 3 is 2.31 bits per heavy atom. The van der Waals surface area contributed by atoms with Crippen molar-refractivity contribution in [1.29, 1.82) is 0 Å². The Labute approximate surface area is 215 Å². The van der Waals surface area contributed by atoms with Crippen LogP contribution < -0.4 is 15.5 Å². The van der Waals surface area contributed by atoms with E-state index in [1.807, 2.05) is 12.1 Å². The molecule has 9 heteroatoms. The van der Waals surface area contributed by atoms with Crippen molar-refractivity contribution in [1.82, 2.24) is 15.6 Å². The molecular weight excluding hydrogens is 468 g/mol. The molecule has 0 spiro atoms. The number of pyridine rings is 1. The molecule has 3 N–H and O–H groups in total. The molecule has 1 saturated heterocycles. The summed E-state index contributed by atoms with van der Waals surface area (Å²) in [4.78, 5) is 42.9. The lowest BCUT2D eigenvalue weighted by atomic mass is 9.82. The number of carbonyl (C=O) groups is 3. The second kappa shape index (κ2) is 14.9. The Morgan fingerprint density at radius 2 is 1.71 bits per heavy atom. The monoisotopic (exact) mass is 508 g/mol. The number of halogens is 1. The van der Waals surface area contributed by atoms with Crippen LogP contribution in [-0.4, -0.2) is 53.0 Å². The van der Waals surface area contributed by atoms with Gasteiger partial charge in [-0.25, -0.2) is 4.79 Å². The number of carbonyl (C=O) groups excluding carboxylic acids is 2. The molecule has 1 saturated carbocycles. The van der Waals surface area contributed by atoms with Crippen LogP contribution in [0, 0.1) is 11.8 Å². The van der Waals surface area contributed by atoms with E-state index in [4.69, 9.17) is 0 Å².